The number of hydrogen-bond acceptors (Lipinski definition) is 6. The largest absolute Gasteiger partial charge is 0.477 e. The van der Waals surface area contributed by atoms with E-state index < -0.39 is 17.2 Å². The Bertz CT molecular complexity index is 1300. The van der Waals surface area contributed by atoms with Crippen molar-refractivity contribution in [3.63, 3.8) is 0 Å². The Kier molecular flexibility index (Phi) is 5.08. The molecule has 1 saturated carbocycles. The van der Waals surface area contributed by atoms with Gasteiger partial charge in [-0.1, -0.05) is 12.1 Å². The highest BCUT2D eigenvalue weighted by atomic mass is 19.1. The van der Waals surface area contributed by atoms with Crippen molar-refractivity contribution in [3.8, 4) is 0 Å². The molecular formula is C24H26FN5O3. The first-order valence-corrected chi connectivity index (χ1v) is 11.0. The molecule has 5 rings (SSSR count). The summed E-state index contributed by atoms with van der Waals surface area (Å²) in [5, 5.41) is 9.40. The Morgan fingerprint density at radius 1 is 1.21 bits per heavy atom. The molecule has 2 atom stereocenters. The van der Waals surface area contributed by atoms with Gasteiger partial charge in [0.15, 0.2) is 11.6 Å². The first kappa shape index (κ1) is 21.4. The first-order chi connectivity index (χ1) is 15.7. The number of carbonyl (C=O) groups is 1. The fourth-order valence-corrected chi connectivity index (χ4v) is 4.62. The van der Waals surface area contributed by atoms with Crippen molar-refractivity contribution in [2.45, 2.75) is 30.8 Å². The monoisotopic (exact) mass is 451 g/mol. The van der Waals surface area contributed by atoms with E-state index in [-0.39, 0.29) is 34.8 Å². The van der Waals surface area contributed by atoms with Crippen LogP contribution in [0.15, 0.2) is 41.3 Å². The molecule has 1 aliphatic carbocycles. The molecule has 1 aromatic carbocycles. The van der Waals surface area contributed by atoms with Crippen molar-refractivity contribution >= 4 is 28.5 Å². The van der Waals surface area contributed by atoms with Gasteiger partial charge in [-0.15, -0.1) is 0 Å². The summed E-state index contributed by atoms with van der Waals surface area (Å²) in [5.74, 6) is -1.82. The predicted octanol–water partition coefficient (Wildman–Crippen LogP) is 2.57. The van der Waals surface area contributed by atoms with E-state index in [0.717, 1.165) is 30.2 Å². The molecule has 3 heterocycles. The molecule has 33 heavy (non-hydrogen) atoms. The van der Waals surface area contributed by atoms with Crippen LogP contribution in [0.25, 0.3) is 11.0 Å². The number of aromatic nitrogens is 2. The molecule has 1 saturated heterocycles. The van der Waals surface area contributed by atoms with E-state index in [1.807, 2.05) is 48.2 Å². The molecule has 8 nitrogen and oxygen atoms in total. The molecule has 0 unspecified atom stereocenters. The summed E-state index contributed by atoms with van der Waals surface area (Å²) < 4.78 is 16.9. The summed E-state index contributed by atoms with van der Waals surface area (Å²) in [4.78, 5) is 32.6. The van der Waals surface area contributed by atoms with Crippen molar-refractivity contribution < 1.29 is 14.3 Å². The summed E-state index contributed by atoms with van der Waals surface area (Å²) in [6.45, 7) is 0.926. The highest BCUT2D eigenvalue weighted by Gasteiger charge is 2.34. The Morgan fingerprint density at radius 2 is 1.91 bits per heavy atom. The van der Waals surface area contributed by atoms with Crippen LogP contribution in [0.5, 0.6) is 0 Å². The lowest BCUT2D eigenvalue weighted by Crippen LogP contribution is -2.29. The quantitative estimate of drug-likeness (QED) is 0.614. The third-order valence-corrected chi connectivity index (χ3v) is 6.61. The van der Waals surface area contributed by atoms with E-state index in [9.17, 15) is 14.7 Å². The summed E-state index contributed by atoms with van der Waals surface area (Å²) in [7, 11) is 3.96. The second-order valence-corrected chi connectivity index (χ2v) is 9.14. The van der Waals surface area contributed by atoms with Crippen LogP contribution in [0.4, 0.5) is 15.9 Å². The van der Waals surface area contributed by atoms with Crippen molar-refractivity contribution in [2.75, 3.05) is 37.0 Å². The standard InChI is InChI=1S/C24H26FN5O3/c1-28(2)14-5-3-13(4-6-14)17-10-29(12-20(17)26)23-19(25)9-16-21(31)18(24(32)33)11-30(15-7-8-15)22(16)27-23/h3-6,9,11,15,17,20H,7-8,10,12,26H2,1-2H3,(H,32,33)/t17-,20+/m1/s1. The van der Waals surface area contributed by atoms with E-state index in [0.29, 0.717) is 18.7 Å². The second kappa shape index (κ2) is 7.84. The normalized spacial score (nSPS) is 20.4. The van der Waals surface area contributed by atoms with Crippen LogP contribution in [0.2, 0.25) is 0 Å². The number of hydrogen-bond donors (Lipinski definition) is 2. The van der Waals surface area contributed by atoms with E-state index in [1.165, 1.54) is 6.20 Å². The molecule has 0 bridgehead atoms. The summed E-state index contributed by atoms with van der Waals surface area (Å²) >= 11 is 0. The van der Waals surface area contributed by atoms with Crippen LogP contribution in [-0.2, 0) is 0 Å². The van der Waals surface area contributed by atoms with Gasteiger partial charge >= 0.3 is 5.97 Å². The van der Waals surface area contributed by atoms with Crippen LogP contribution >= 0.6 is 0 Å². The average Bonchev–Trinajstić information content (AvgIpc) is 3.55. The van der Waals surface area contributed by atoms with Gasteiger partial charge < -0.3 is 25.2 Å². The van der Waals surface area contributed by atoms with Gasteiger partial charge in [0.2, 0.25) is 5.43 Å². The fraction of sp³-hybridized carbons (Fsp3) is 0.375. The minimum Gasteiger partial charge on any atom is -0.477 e. The van der Waals surface area contributed by atoms with Crippen molar-refractivity contribution in [3.05, 3.63) is 63.7 Å². The van der Waals surface area contributed by atoms with Crippen LogP contribution < -0.4 is 21.0 Å². The maximum absolute atomic E-state index is 15.2. The van der Waals surface area contributed by atoms with E-state index >= 15 is 4.39 Å². The average molecular weight is 452 g/mol. The van der Waals surface area contributed by atoms with Gasteiger partial charge in [0, 0.05) is 57.1 Å². The summed E-state index contributed by atoms with van der Waals surface area (Å²) in [6, 6.07) is 9.16. The molecule has 0 amide bonds. The fourth-order valence-electron chi connectivity index (χ4n) is 4.62. The summed E-state index contributed by atoms with van der Waals surface area (Å²) in [6.07, 6.45) is 3.07. The number of fused-ring (bicyclic) bond motifs is 1. The van der Waals surface area contributed by atoms with Crippen LogP contribution in [0.1, 0.15) is 40.7 Å². The Labute approximate surface area is 190 Å². The zero-order valence-electron chi connectivity index (χ0n) is 18.5. The number of carboxylic acids is 1. The maximum Gasteiger partial charge on any atom is 0.341 e. The second-order valence-electron chi connectivity index (χ2n) is 9.14. The molecule has 2 fully saturated rings. The maximum atomic E-state index is 15.2. The Hall–Kier alpha value is -3.46. The van der Waals surface area contributed by atoms with Crippen LogP contribution in [0, 0.1) is 5.82 Å². The molecule has 2 aliphatic rings. The summed E-state index contributed by atoms with van der Waals surface area (Å²) in [5.41, 5.74) is 7.84. The van der Waals surface area contributed by atoms with Gasteiger partial charge in [-0.05, 0) is 36.6 Å². The van der Waals surface area contributed by atoms with Gasteiger partial charge in [-0.25, -0.2) is 14.2 Å². The number of halogens is 1. The molecule has 1 aliphatic heterocycles. The molecule has 0 radical (unpaired) electrons. The lowest BCUT2D eigenvalue weighted by Gasteiger charge is -2.20. The van der Waals surface area contributed by atoms with Gasteiger partial charge in [-0.2, -0.15) is 0 Å². The molecule has 0 spiro atoms. The minimum absolute atomic E-state index is 0.0117. The number of nitrogens with zero attached hydrogens (tertiary/aromatic N) is 4. The Balaban J connectivity index is 1.53. The zero-order chi connectivity index (χ0) is 23.4. The van der Waals surface area contributed by atoms with Crippen LogP contribution in [0.3, 0.4) is 0 Å². The SMILES string of the molecule is CN(C)c1ccc([C@H]2CN(c3nc4c(cc3F)c(=O)c(C(=O)O)cn4C3CC3)C[C@@H]2N)cc1. The molecule has 3 N–H and O–H groups in total. The van der Waals surface area contributed by atoms with Crippen molar-refractivity contribution in [1.29, 1.82) is 0 Å². The number of carboxylic acid groups (broad SMARTS) is 1. The number of nitrogens with two attached hydrogens (primary N) is 1. The highest BCUT2D eigenvalue weighted by molar-refractivity contribution is 5.92. The Morgan fingerprint density at radius 3 is 2.52 bits per heavy atom. The van der Waals surface area contributed by atoms with E-state index in [1.54, 1.807) is 4.57 Å². The number of anilines is 2. The number of benzene rings is 1. The van der Waals surface area contributed by atoms with E-state index in [2.05, 4.69) is 4.98 Å². The number of pyridine rings is 2. The van der Waals surface area contributed by atoms with Crippen molar-refractivity contribution in [1.82, 2.24) is 9.55 Å². The zero-order valence-corrected chi connectivity index (χ0v) is 18.5. The van der Waals surface area contributed by atoms with Gasteiger partial charge in [-0.3, -0.25) is 4.79 Å². The third kappa shape index (κ3) is 3.72. The predicted molar refractivity (Wildman–Crippen MR) is 125 cm³/mol. The van der Waals surface area contributed by atoms with Crippen LogP contribution in [-0.4, -0.2) is 53.9 Å². The smallest absolute Gasteiger partial charge is 0.341 e. The number of aromatic carboxylic acids is 1. The number of rotatable bonds is 5. The minimum atomic E-state index is -1.32. The highest BCUT2D eigenvalue weighted by Crippen LogP contribution is 2.38. The molecule has 9 heteroatoms. The third-order valence-electron chi connectivity index (χ3n) is 6.61. The first-order valence-electron chi connectivity index (χ1n) is 11.0. The van der Waals surface area contributed by atoms with Gasteiger partial charge in [0.25, 0.3) is 0 Å². The van der Waals surface area contributed by atoms with Crippen molar-refractivity contribution in [2.24, 2.45) is 5.73 Å². The lowest BCUT2D eigenvalue weighted by atomic mass is 9.95. The van der Waals surface area contributed by atoms with Gasteiger partial charge in [0.05, 0.1) is 5.39 Å². The molecular weight excluding hydrogens is 425 g/mol. The van der Waals surface area contributed by atoms with Gasteiger partial charge in [0.1, 0.15) is 11.2 Å². The van der Waals surface area contributed by atoms with E-state index in [4.69, 9.17) is 5.73 Å². The molecule has 2 aromatic heterocycles. The molecule has 172 valence electrons. The molecule has 3 aromatic rings. The topological polar surface area (TPSA) is 105 Å². The lowest BCUT2D eigenvalue weighted by molar-refractivity contribution is 0.0695.